The molecule has 1 aliphatic rings. The van der Waals surface area contributed by atoms with Gasteiger partial charge in [-0.1, -0.05) is 23.9 Å². The molecule has 1 aliphatic heterocycles. The number of hydrogen-bond donors (Lipinski definition) is 1. The van der Waals surface area contributed by atoms with Crippen molar-refractivity contribution in [1.82, 2.24) is 19.2 Å². The van der Waals surface area contributed by atoms with Gasteiger partial charge in [-0.2, -0.15) is 0 Å². The number of thioether (sulfide) groups is 1. The lowest BCUT2D eigenvalue weighted by atomic mass is 10.2. The zero-order valence-electron chi connectivity index (χ0n) is 15.3. The smallest absolute Gasteiger partial charge is 0.269 e. The van der Waals surface area contributed by atoms with Gasteiger partial charge in [-0.05, 0) is 36.4 Å². The Morgan fingerprint density at radius 3 is 2.52 bits per heavy atom. The molecular weight excluding hydrogens is 414 g/mol. The number of sulfonamides is 1. The van der Waals surface area contributed by atoms with Gasteiger partial charge in [-0.25, -0.2) is 17.4 Å². The van der Waals surface area contributed by atoms with E-state index in [4.69, 9.17) is 10.6 Å². The van der Waals surface area contributed by atoms with Crippen LogP contribution in [0.4, 0.5) is 0 Å². The minimum atomic E-state index is -3.82. The molecule has 150 valence electrons. The van der Waals surface area contributed by atoms with Gasteiger partial charge in [0.2, 0.25) is 5.16 Å². The van der Waals surface area contributed by atoms with E-state index >= 15 is 0 Å². The van der Waals surface area contributed by atoms with Gasteiger partial charge in [-0.15, -0.1) is 10.2 Å². The van der Waals surface area contributed by atoms with Crippen LogP contribution in [0, 0.1) is 0 Å². The highest BCUT2D eigenvalue weighted by atomic mass is 32.2. The molecule has 1 aromatic heterocycles. The molecule has 11 heteroatoms. The second-order valence-corrected chi connectivity index (χ2v) is 9.02. The number of benzene rings is 2. The highest BCUT2D eigenvalue weighted by Gasteiger charge is 2.40. The number of ether oxygens (including phenoxy) is 1. The van der Waals surface area contributed by atoms with Gasteiger partial charge in [0.25, 0.3) is 15.9 Å². The first-order chi connectivity index (χ1) is 13.9. The van der Waals surface area contributed by atoms with E-state index in [1.165, 1.54) is 28.6 Å². The normalized spacial score (nSPS) is 14.8. The molecule has 29 heavy (non-hydrogen) atoms. The predicted molar refractivity (Wildman–Crippen MR) is 108 cm³/mol. The number of carbonyl (C=O) groups is 1. The molecule has 4 rings (SSSR count). The third-order valence-corrected chi connectivity index (χ3v) is 7.21. The van der Waals surface area contributed by atoms with Gasteiger partial charge in [0.1, 0.15) is 10.6 Å². The summed E-state index contributed by atoms with van der Waals surface area (Å²) in [5.74, 6) is 7.04. The van der Waals surface area contributed by atoms with Crippen molar-refractivity contribution in [3.63, 3.8) is 0 Å². The standard InChI is InChI=1S/C18H17N5O4S2/c1-27-13-8-6-12(7-9-13)16-20-21-18(23(16)19)28-11-10-22-17(24)14-4-2-3-5-15(14)29(22,25)26/h2-9H,10-11,19H2,1H3. The number of carbonyl (C=O) groups excluding carboxylic acids is 1. The highest BCUT2D eigenvalue weighted by Crippen LogP contribution is 2.30. The van der Waals surface area contributed by atoms with Crippen molar-refractivity contribution in [3.05, 3.63) is 54.1 Å². The van der Waals surface area contributed by atoms with E-state index in [0.29, 0.717) is 16.7 Å². The van der Waals surface area contributed by atoms with Crippen molar-refractivity contribution in [1.29, 1.82) is 0 Å². The third kappa shape index (κ3) is 3.32. The maximum absolute atomic E-state index is 12.6. The van der Waals surface area contributed by atoms with E-state index in [-0.39, 0.29) is 22.8 Å². The Labute approximate surface area is 171 Å². The first-order valence-electron chi connectivity index (χ1n) is 8.57. The van der Waals surface area contributed by atoms with Crippen LogP contribution in [0.15, 0.2) is 58.6 Å². The number of nitrogens with two attached hydrogens (primary N) is 1. The van der Waals surface area contributed by atoms with Crippen molar-refractivity contribution in [2.75, 3.05) is 25.3 Å². The van der Waals surface area contributed by atoms with Gasteiger partial charge in [0.05, 0.1) is 12.7 Å². The molecule has 0 saturated heterocycles. The van der Waals surface area contributed by atoms with Crippen LogP contribution in [0.5, 0.6) is 5.75 Å². The summed E-state index contributed by atoms with van der Waals surface area (Å²) in [6, 6.07) is 13.4. The van der Waals surface area contributed by atoms with Gasteiger partial charge < -0.3 is 10.6 Å². The molecule has 0 atom stereocenters. The molecule has 0 bridgehead atoms. The zero-order valence-corrected chi connectivity index (χ0v) is 17.0. The minimum Gasteiger partial charge on any atom is -0.497 e. The number of methoxy groups -OCH3 is 1. The van der Waals surface area contributed by atoms with Crippen molar-refractivity contribution in [2.45, 2.75) is 10.1 Å². The van der Waals surface area contributed by atoms with Gasteiger partial charge >= 0.3 is 0 Å². The fourth-order valence-corrected chi connectivity index (χ4v) is 5.45. The van der Waals surface area contributed by atoms with Gasteiger partial charge in [-0.3, -0.25) is 4.79 Å². The summed E-state index contributed by atoms with van der Waals surface area (Å²) in [4.78, 5) is 12.5. The Morgan fingerprint density at radius 2 is 1.83 bits per heavy atom. The molecule has 2 aromatic carbocycles. The van der Waals surface area contributed by atoms with E-state index in [9.17, 15) is 13.2 Å². The van der Waals surface area contributed by atoms with Crippen LogP contribution in [-0.2, 0) is 10.0 Å². The number of rotatable bonds is 6. The lowest BCUT2D eigenvalue weighted by Gasteiger charge is -2.14. The number of nitrogen functional groups attached to an aromatic ring is 1. The molecular formula is C18H17N5O4S2. The first-order valence-corrected chi connectivity index (χ1v) is 11.0. The minimum absolute atomic E-state index is 0.00520. The largest absolute Gasteiger partial charge is 0.497 e. The Hall–Kier alpha value is -3.05. The molecule has 0 spiro atoms. The molecule has 2 heterocycles. The number of nitrogens with zero attached hydrogens (tertiary/aromatic N) is 4. The van der Waals surface area contributed by atoms with Crippen LogP contribution in [0.3, 0.4) is 0 Å². The lowest BCUT2D eigenvalue weighted by molar-refractivity contribution is 0.0876. The summed E-state index contributed by atoms with van der Waals surface area (Å²) in [5.41, 5.74) is 0.960. The van der Waals surface area contributed by atoms with E-state index in [1.807, 2.05) is 12.1 Å². The first kappa shape index (κ1) is 19.3. The maximum atomic E-state index is 12.6. The van der Waals surface area contributed by atoms with Crippen LogP contribution in [0.1, 0.15) is 10.4 Å². The Kier molecular flexibility index (Phi) is 4.92. The molecule has 9 nitrogen and oxygen atoms in total. The fourth-order valence-electron chi connectivity index (χ4n) is 2.98. The molecule has 0 fully saturated rings. The summed E-state index contributed by atoms with van der Waals surface area (Å²) < 4.78 is 32.5. The topological polar surface area (TPSA) is 120 Å². The number of fused-ring (bicyclic) bond motifs is 1. The zero-order chi connectivity index (χ0) is 20.6. The summed E-state index contributed by atoms with van der Waals surface area (Å²) in [7, 11) is -2.24. The summed E-state index contributed by atoms with van der Waals surface area (Å²) in [5, 5.41) is 8.57. The van der Waals surface area contributed by atoms with Crippen LogP contribution in [0.25, 0.3) is 11.4 Å². The molecule has 2 N–H and O–H groups in total. The monoisotopic (exact) mass is 431 g/mol. The van der Waals surface area contributed by atoms with Crippen LogP contribution < -0.4 is 10.6 Å². The number of amides is 1. The average Bonchev–Trinajstić information content (AvgIpc) is 3.19. The Bertz CT molecular complexity index is 1180. The molecule has 3 aromatic rings. The molecule has 0 saturated carbocycles. The van der Waals surface area contributed by atoms with Crippen molar-refractivity contribution < 1.29 is 17.9 Å². The second kappa shape index (κ2) is 7.41. The van der Waals surface area contributed by atoms with E-state index in [1.54, 1.807) is 31.4 Å². The summed E-state index contributed by atoms with van der Waals surface area (Å²) in [6.45, 7) is 0.00520. The van der Waals surface area contributed by atoms with Crippen LogP contribution in [-0.4, -0.2) is 52.9 Å². The highest BCUT2D eigenvalue weighted by molar-refractivity contribution is 7.99. The lowest BCUT2D eigenvalue weighted by Crippen LogP contribution is -2.32. The fraction of sp³-hybridized carbons (Fsp3) is 0.167. The van der Waals surface area contributed by atoms with Crippen molar-refractivity contribution >= 4 is 27.7 Å². The van der Waals surface area contributed by atoms with E-state index in [0.717, 1.165) is 9.87 Å². The van der Waals surface area contributed by atoms with Crippen LogP contribution in [0.2, 0.25) is 0 Å². The predicted octanol–water partition coefficient (Wildman–Crippen LogP) is 1.60. The Balaban J connectivity index is 1.46. The van der Waals surface area contributed by atoms with E-state index < -0.39 is 15.9 Å². The Morgan fingerprint density at radius 1 is 1.10 bits per heavy atom. The number of hydrogen-bond acceptors (Lipinski definition) is 8. The molecule has 0 radical (unpaired) electrons. The van der Waals surface area contributed by atoms with Gasteiger partial charge in [0.15, 0.2) is 5.82 Å². The molecule has 0 unspecified atom stereocenters. The summed E-state index contributed by atoms with van der Waals surface area (Å²) in [6.07, 6.45) is 0. The van der Waals surface area contributed by atoms with E-state index in [2.05, 4.69) is 10.2 Å². The third-order valence-electron chi connectivity index (χ3n) is 4.45. The second-order valence-electron chi connectivity index (χ2n) is 6.13. The molecule has 0 aliphatic carbocycles. The van der Waals surface area contributed by atoms with Gasteiger partial charge in [0, 0.05) is 17.9 Å². The maximum Gasteiger partial charge on any atom is 0.269 e. The van der Waals surface area contributed by atoms with Crippen molar-refractivity contribution in [3.8, 4) is 17.1 Å². The van der Waals surface area contributed by atoms with Crippen molar-refractivity contribution in [2.24, 2.45) is 0 Å². The quantitative estimate of drug-likeness (QED) is 0.462. The van der Waals surface area contributed by atoms with Crippen LogP contribution >= 0.6 is 11.8 Å². The average molecular weight is 431 g/mol. The SMILES string of the molecule is COc1ccc(-c2nnc(SCCN3C(=O)c4ccccc4S3(=O)=O)n2N)cc1. The summed E-state index contributed by atoms with van der Waals surface area (Å²) >= 11 is 1.22. The molecule has 1 amide bonds. The number of aromatic nitrogens is 3.